The quantitative estimate of drug-likeness (QED) is 0.754. The van der Waals surface area contributed by atoms with E-state index < -0.39 is 11.8 Å². The molecule has 8 heteroatoms. The normalized spacial score (nSPS) is 22.7. The Labute approximate surface area is 189 Å². The standard InChI is InChI=1S/C24H33N3O5/c1-16(2)25-21(28)20-15-32-24(11-13-26(14-12-24)22(29)17-5-4-6-17)27(20)23(30)18-7-9-19(31-3)10-8-18/h7-10,16-17,20H,4-6,11-15H2,1-3H3,(H,25,28)/t20-/m0/s1. The lowest BCUT2D eigenvalue weighted by atomic mass is 9.83. The molecule has 2 aliphatic heterocycles. The Morgan fingerprint density at radius 3 is 2.31 bits per heavy atom. The fourth-order valence-electron chi connectivity index (χ4n) is 4.81. The summed E-state index contributed by atoms with van der Waals surface area (Å²) in [6, 6.07) is 6.14. The average Bonchev–Trinajstić information content (AvgIpc) is 3.10. The Kier molecular flexibility index (Phi) is 6.42. The van der Waals surface area contributed by atoms with Gasteiger partial charge in [0.15, 0.2) is 0 Å². The van der Waals surface area contributed by atoms with Crippen LogP contribution in [0.1, 0.15) is 56.3 Å². The Morgan fingerprint density at radius 1 is 1.12 bits per heavy atom. The summed E-state index contributed by atoms with van der Waals surface area (Å²) in [7, 11) is 1.57. The number of carbonyl (C=O) groups excluding carboxylic acids is 3. The van der Waals surface area contributed by atoms with Crippen molar-refractivity contribution in [3.05, 3.63) is 29.8 Å². The highest BCUT2D eigenvalue weighted by Gasteiger charge is 2.54. The summed E-state index contributed by atoms with van der Waals surface area (Å²) in [5.74, 6) is 0.562. The van der Waals surface area contributed by atoms with E-state index in [9.17, 15) is 14.4 Å². The van der Waals surface area contributed by atoms with E-state index in [0.29, 0.717) is 37.2 Å². The maximum Gasteiger partial charge on any atom is 0.256 e. The maximum atomic E-state index is 13.6. The first-order chi connectivity index (χ1) is 15.3. The van der Waals surface area contributed by atoms with Crippen LogP contribution in [0.5, 0.6) is 5.75 Å². The second-order valence-corrected chi connectivity index (χ2v) is 9.29. The molecule has 3 fully saturated rings. The first-order valence-electron chi connectivity index (χ1n) is 11.6. The van der Waals surface area contributed by atoms with Crippen molar-refractivity contribution in [1.29, 1.82) is 0 Å². The van der Waals surface area contributed by atoms with Gasteiger partial charge in [0, 0.05) is 43.5 Å². The van der Waals surface area contributed by atoms with Crippen molar-refractivity contribution >= 4 is 17.7 Å². The topological polar surface area (TPSA) is 88.2 Å². The van der Waals surface area contributed by atoms with Crippen LogP contribution in [-0.2, 0) is 14.3 Å². The number of hydrogen-bond donors (Lipinski definition) is 1. The van der Waals surface area contributed by atoms with Crippen LogP contribution in [0, 0.1) is 5.92 Å². The molecule has 8 nitrogen and oxygen atoms in total. The lowest BCUT2D eigenvalue weighted by Crippen LogP contribution is -2.60. The van der Waals surface area contributed by atoms with Gasteiger partial charge in [0.2, 0.25) is 11.8 Å². The van der Waals surface area contributed by atoms with Crippen LogP contribution in [0.4, 0.5) is 0 Å². The Hall–Kier alpha value is -2.61. The number of carbonyl (C=O) groups is 3. The molecular weight excluding hydrogens is 410 g/mol. The molecule has 1 aromatic carbocycles. The van der Waals surface area contributed by atoms with Crippen molar-refractivity contribution in [2.75, 3.05) is 26.8 Å². The van der Waals surface area contributed by atoms with Crippen molar-refractivity contribution < 1.29 is 23.9 Å². The zero-order chi connectivity index (χ0) is 22.9. The molecule has 1 aliphatic carbocycles. The minimum absolute atomic E-state index is 0.0427. The molecule has 0 unspecified atom stereocenters. The molecule has 1 aromatic rings. The molecule has 1 atom stereocenters. The van der Waals surface area contributed by atoms with Crippen molar-refractivity contribution in [3.8, 4) is 5.75 Å². The van der Waals surface area contributed by atoms with Gasteiger partial charge in [-0.1, -0.05) is 6.42 Å². The maximum absolute atomic E-state index is 13.6. The third kappa shape index (κ3) is 4.20. The molecular formula is C24H33N3O5. The summed E-state index contributed by atoms with van der Waals surface area (Å²) >= 11 is 0. The van der Waals surface area contributed by atoms with Gasteiger partial charge in [-0.25, -0.2) is 0 Å². The monoisotopic (exact) mass is 443 g/mol. The third-order valence-corrected chi connectivity index (χ3v) is 6.86. The number of nitrogens with one attached hydrogen (secondary N) is 1. The SMILES string of the molecule is COc1ccc(C(=O)N2[C@H](C(=O)NC(C)C)COC23CCN(C(=O)C2CCC2)CC3)cc1. The van der Waals surface area contributed by atoms with Gasteiger partial charge in [0.25, 0.3) is 5.91 Å². The van der Waals surface area contributed by atoms with Crippen LogP contribution in [0.15, 0.2) is 24.3 Å². The number of hydrogen-bond acceptors (Lipinski definition) is 5. The second-order valence-electron chi connectivity index (χ2n) is 9.29. The van der Waals surface area contributed by atoms with Gasteiger partial charge < -0.3 is 19.7 Å². The first-order valence-corrected chi connectivity index (χ1v) is 11.6. The largest absolute Gasteiger partial charge is 0.497 e. The average molecular weight is 444 g/mol. The summed E-state index contributed by atoms with van der Waals surface area (Å²) in [6.45, 7) is 4.99. The van der Waals surface area contributed by atoms with Gasteiger partial charge in [-0.05, 0) is 51.0 Å². The molecule has 174 valence electrons. The number of piperidine rings is 1. The number of amides is 3. The predicted octanol–water partition coefficient (Wildman–Crippen LogP) is 2.18. The number of likely N-dealkylation sites (tertiary alicyclic amines) is 1. The van der Waals surface area contributed by atoms with Gasteiger partial charge in [0.1, 0.15) is 17.5 Å². The molecule has 0 radical (unpaired) electrons. The van der Waals surface area contributed by atoms with Crippen LogP contribution in [0.2, 0.25) is 0 Å². The van der Waals surface area contributed by atoms with E-state index in [0.717, 1.165) is 19.3 Å². The molecule has 1 saturated carbocycles. The highest BCUT2D eigenvalue weighted by molar-refractivity contribution is 5.98. The number of ether oxygens (including phenoxy) is 2. The number of rotatable bonds is 5. The van der Waals surface area contributed by atoms with Gasteiger partial charge in [-0.2, -0.15) is 0 Å². The fourth-order valence-corrected chi connectivity index (χ4v) is 4.81. The van der Waals surface area contributed by atoms with Gasteiger partial charge >= 0.3 is 0 Å². The van der Waals surface area contributed by atoms with Crippen LogP contribution < -0.4 is 10.1 Å². The Balaban J connectivity index is 1.56. The minimum Gasteiger partial charge on any atom is -0.497 e. The van der Waals surface area contributed by atoms with Gasteiger partial charge in [-0.3, -0.25) is 19.3 Å². The fraction of sp³-hybridized carbons (Fsp3) is 0.625. The molecule has 1 N–H and O–H groups in total. The molecule has 1 spiro atoms. The zero-order valence-electron chi connectivity index (χ0n) is 19.1. The molecule has 2 saturated heterocycles. The van der Waals surface area contributed by atoms with Crippen molar-refractivity contribution in [1.82, 2.24) is 15.1 Å². The van der Waals surface area contributed by atoms with E-state index in [1.165, 1.54) is 0 Å². The van der Waals surface area contributed by atoms with E-state index in [4.69, 9.17) is 9.47 Å². The van der Waals surface area contributed by atoms with Crippen molar-refractivity contribution in [3.63, 3.8) is 0 Å². The summed E-state index contributed by atoms with van der Waals surface area (Å²) in [6.07, 6.45) is 4.05. The lowest BCUT2D eigenvalue weighted by molar-refractivity contribution is -0.149. The molecule has 3 amide bonds. The van der Waals surface area contributed by atoms with Crippen LogP contribution in [0.3, 0.4) is 0 Å². The van der Waals surface area contributed by atoms with Crippen molar-refractivity contribution in [2.24, 2.45) is 5.92 Å². The van der Waals surface area contributed by atoms with Crippen LogP contribution in [0.25, 0.3) is 0 Å². The zero-order valence-corrected chi connectivity index (χ0v) is 19.1. The summed E-state index contributed by atoms with van der Waals surface area (Å²) < 4.78 is 11.4. The number of benzene rings is 1. The van der Waals surface area contributed by atoms with Gasteiger partial charge in [0.05, 0.1) is 13.7 Å². The highest BCUT2D eigenvalue weighted by Crippen LogP contribution is 2.39. The number of nitrogens with zero attached hydrogens (tertiary/aromatic N) is 2. The minimum atomic E-state index is -0.883. The Morgan fingerprint density at radius 2 is 1.78 bits per heavy atom. The summed E-state index contributed by atoms with van der Waals surface area (Å²) in [4.78, 5) is 42.8. The van der Waals surface area contributed by atoms with E-state index in [2.05, 4.69) is 5.32 Å². The van der Waals surface area contributed by atoms with E-state index in [-0.39, 0.29) is 36.3 Å². The molecule has 32 heavy (non-hydrogen) atoms. The molecule has 4 rings (SSSR count). The van der Waals surface area contributed by atoms with E-state index in [1.54, 1.807) is 36.3 Å². The van der Waals surface area contributed by atoms with Crippen LogP contribution >= 0.6 is 0 Å². The highest BCUT2D eigenvalue weighted by atomic mass is 16.5. The molecule has 3 aliphatic rings. The first kappa shape index (κ1) is 22.6. The second kappa shape index (κ2) is 9.10. The Bertz CT molecular complexity index is 857. The van der Waals surface area contributed by atoms with E-state index >= 15 is 0 Å². The van der Waals surface area contributed by atoms with Crippen LogP contribution in [-0.4, -0.2) is 72.1 Å². The third-order valence-electron chi connectivity index (χ3n) is 6.86. The molecule has 0 aromatic heterocycles. The van der Waals surface area contributed by atoms with Crippen molar-refractivity contribution in [2.45, 2.75) is 63.8 Å². The smallest absolute Gasteiger partial charge is 0.256 e. The predicted molar refractivity (Wildman–Crippen MR) is 118 cm³/mol. The summed E-state index contributed by atoms with van der Waals surface area (Å²) in [5.41, 5.74) is -0.405. The van der Waals surface area contributed by atoms with E-state index in [1.807, 2.05) is 18.7 Å². The van der Waals surface area contributed by atoms with Gasteiger partial charge in [-0.15, -0.1) is 0 Å². The molecule has 2 heterocycles. The molecule has 0 bridgehead atoms. The number of methoxy groups -OCH3 is 1. The summed E-state index contributed by atoms with van der Waals surface area (Å²) in [5, 5.41) is 2.92. The lowest BCUT2D eigenvalue weighted by Gasteiger charge is -2.45.